The summed E-state index contributed by atoms with van der Waals surface area (Å²) in [6, 6.07) is 2.76. The highest BCUT2D eigenvalue weighted by atomic mass is 32.2. The maximum absolute atomic E-state index is 14.2. The standard InChI is InChI=1S/C14H16FN3O2S/c1-5-20-13(19)10-7-12(11(15)6-8(10)2)18-9(3)16-14(17-18)21-4/h6-7H,5H2,1-4H3. The number of aromatic nitrogens is 3. The fraction of sp³-hybridized carbons (Fsp3) is 0.357. The lowest BCUT2D eigenvalue weighted by Gasteiger charge is -2.10. The van der Waals surface area contributed by atoms with E-state index >= 15 is 0 Å². The third-order valence-corrected chi connectivity index (χ3v) is 3.49. The summed E-state index contributed by atoms with van der Waals surface area (Å²) in [4.78, 5) is 16.1. The van der Waals surface area contributed by atoms with Gasteiger partial charge in [-0.05, 0) is 44.7 Å². The zero-order chi connectivity index (χ0) is 15.6. The minimum absolute atomic E-state index is 0.189. The monoisotopic (exact) mass is 309 g/mol. The average molecular weight is 309 g/mol. The molecule has 0 aliphatic heterocycles. The number of benzene rings is 1. The van der Waals surface area contributed by atoms with Crippen molar-refractivity contribution in [2.24, 2.45) is 0 Å². The molecule has 7 heteroatoms. The Kier molecular flexibility index (Phi) is 4.62. The molecule has 0 saturated heterocycles. The van der Waals surface area contributed by atoms with Crippen molar-refractivity contribution in [3.63, 3.8) is 0 Å². The van der Waals surface area contributed by atoms with Gasteiger partial charge < -0.3 is 4.74 Å². The largest absolute Gasteiger partial charge is 0.462 e. The Morgan fingerprint density at radius 3 is 2.71 bits per heavy atom. The van der Waals surface area contributed by atoms with Crippen LogP contribution in [0.2, 0.25) is 0 Å². The molecule has 21 heavy (non-hydrogen) atoms. The fourth-order valence-corrected chi connectivity index (χ4v) is 2.32. The highest BCUT2D eigenvalue weighted by Crippen LogP contribution is 2.22. The van der Waals surface area contributed by atoms with E-state index in [4.69, 9.17) is 4.74 Å². The van der Waals surface area contributed by atoms with Crippen molar-refractivity contribution in [2.45, 2.75) is 25.9 Å². The van der Waals surface area contributed by atoms with Crippen LogP contribution in [0.1, 0.15) is 28.7 Å². The maximum atomic E-state index is 14.2. The van der Waals surface area contributed by atoms with E-state index in [0.29, 0.717) is 22.1 Å². The number of rotatable bonds is 4. The van der Waals surface area contributed by atoms with Crippen LogP contribution in [-0.4, -0.2) is 33.6 Å². The predicted molar refractivity (Wildman–Crippen MR) is 78.5 cm³/mol. The molecule has 0 bridgehead atoms. The first-order chi connectivity index (χ1) is 9.97. The molecule has 0 aliphatic rings. The molecule has 0 amide bonds. The van der Waals surface area contributed by atoms with Crippen molar-refractivity contribution >= 4 is 17.7 Å². The van der Waals surface area contributed by atoms with Gasteiger partial charge in [0.2, 0.25) is 5.16 Å². The summed E-state index contributed by atoms with van der Waals surface area (Å²) >= 11 is 1.37. The third-order valence-electron chi connectivity index (χ3n) is 2.95. The SMILES string of the molecule is CCOC(=O)c1cc(-n2nc(SC)nc2C)c(F)cc1C. The van der Waals surface area contributed by atoms with Gasteiger partial charge >= 0.3 is 5.97 Å². The fourth-order valence-electron chi connectivity index (χ4n) is 1.93. The number of ether oxygens (including phenoxy) is 1. The maximum Gasteiger partial charge on any atom is 0.338 e. The molecule has 1 aromatic heterocycles. The van der Waals surface area contributed by atoms with Crippen LogP contribution in [-0.2, 0) is 4.74 Å². The lowest BCUT2D eigenvalue weighted by atomic mass is 10.1. The van der Waals surface area contributed by atoms with Gasteiger partial charge in [0, 0.05) is 0 Å². The van der Waals surface area contributed by atoms with E-state index in [0.717, 1.165) is 0 Å². The van der Waals surface area contributed by atoms with E-state index in [9.17, 15) is 9.18 Å². The zero-order valence-corrected chi connectivity index (χ0v) is 13.1. The molecule has 0 N–H and O–H groups in total. The quantitative estimate of drug-likeness (QED) is 0.642. The number of nitrogens with zero attached hydrogens (tertiary/aromatic N) is 3. The molecule has 0 fully saturated rings. The Morgan fingerprint density at radius 1 is 1.43 bits per heavy atom. The van der Waals surface area contributed by atoms with Gasteiger partial charge in [-0.3, -0.25) is 0 Å². The molecular weight excluding hydrogens is 293 g/mol. The van der Waals surface area contributed by atoms with E-state index in [1.54, 1.807) is 20.8 Å². The van der Waals surface area contributed by atoms with Crippen molar-refractivity contribution in [3.8, 4) is 5.69 Å². The number of carbonyl (C=O) groups is 1. The number of hydrogen-bond donors (Lipinski definition) is 0. The summed E-state index contributed by atoms with van der Waals surface area (Å²) in [5, 5.41) is 4.76. The van der Waals surface area contributed by atoms with Crippen molar-refractivity contribution in [2.75, 3.05) is 12.9 Å². The van der Waals surface area contributed by atoms with E-state index in [2.05, 4.69) is 10.1 Å². The van der Waals surface area contributed by atoms with Crippen LogP contribution in [0.3, 0.4) is 0 Å². The van der Waals surface area contributed by atoms with Crippen LogP contribution < -0.4 is 0 Å². The molecule has 0 spiro atoms. The van der Waals surface area contributed by atoms with Gasteiger partial charge in [-0.2, -0.15) is 0 Å². The van der Waals surface area contributed by atoms with Gasteiger partial charge in [-0.25, -0.2) is 18.9 Å². The molecule has 112 valence electrons. The summed E-state index contributed by atoms with van der Waals surface area (Å²) < 4.78 is 20.6. The van der Waals surface area contributed by atoms with Crippen molar-refractivity contribution < 1.29 is 13.9 Å². The first-order valence-corrected chi connectivity index (χ1v) is 7.65. The predicted octanol–water partition coefficient (Wildman–Crippen LogP) is 2.92. The number of aryl methyl sites for hydroxylation is 2. The molecule has 0 unspecified atom stereocenters. The summed E-state index contributed by atoms with van der Waals surface area (Å²) in [5.41, 5.74) is 1.04. The Morgan fingerprint density at radius 2 is 2.14 bits per heavy atom. The van der Waals surface area contributed by atoms with Crippen LogP contribution in [0.25, 0.3) is 5.69 Å². The molecule has 1 heterocycles. The van der Waals surface area contributed by atoms with Gasteiger partial charge in [0.25, 0.3) is 0 Å². The van der Waals surface area contributed by atoms with Crippen molar-refractivity contribution in [3.05, 3.63) is 34.9 Å². The molecule has 0 radical (unpaired) electrons. The molecule has 2 aromatic rings. The number of carbonyl (C=O) groups excluding carboxylic acids is 1. The molecule has 0 saturated carbocycles. The minimum atomic E-state index is -0.473. The van der Waals surface area contributed by atoms with E-state index in [1.807, 2.05) is 6.26 Å². The number of hydrogen-bond acceptors (Lipinski definition) is 5. The Hall–Kier alpha value is -1.89. The zero-order valence-electron chi connectivity index (χ0n) is 12.3. The van der Waals surface area contributed by atoms with Gasteiger partial charge in [0.05, 0.1) is 12.2 Å². The Labute approximate surface area is 126 Å². The van der Waals surface area contributed by atoms with E-state index < -0.39 is 11.8 Å². The minimum Gasteiger partial charge on any atom is -0.462 e. The number of halogens is 1. The van der Waals surface area contributed by atoms with E-state index in [-0.39, 0.29) is 12.3 Å². The lowest BCUT2D eigenvalue weighted by molar-refractivity contribution is 0.0525. The van der Waals surface area contributed by atoms with Crippen LogP contribution in [0.15, 0.2) is 17.3 Å². The molecular formula is C14H16FN3O2S. The van der Waals surface area contributed by atoms with Gasteiger partial charge in [0.15, 0.2) is 0 Å². The van der Waals surface area contributed by atoms with E-state index in [1.165, 1.54) is 28.6 Å². The van der Waals surface area contributed by atoms with Crippen LogP contribution in [0.4, 0.5) is 4.39 Å². The Balaban J connectivity index is 2.55. The summed E-state index contributed by atoms with van der Waals surface area (Å²) in [6.07, 6.45) is 1.84. The van der Waals surface area contributed by atoms with Crippen molar-refractivity contribution in [1.29, 1.82) is 0 Å². The second-order valence-electron chi connectivity index (χ2n) is 4.40. The third kappa shape index (κ3) is 3.07. The summed E-state index contributed by atoms with van der Waals surface area (Å²) in [6.45, 7) is 5.39. The molecule has 0 atom stereocenters. The van der Waals surface area contributed by atoms with Gasteiger partial charge in [-0.1, -0.05) is 11.8 Å². The molecule has 2 rings (SSSR count). The molecule has 0 aliphatic carbocycles. The first-order valence-electron chi connectivity index (χ1n) is 6.43. The van der Waals surface area contributed by atoms with Crippen molar-refractivity contribution in [1.82, 2.24) is 14.8 Å². The second-order valence-corrected chi connectivity index (χ2v) is 5.17. The smallest absolute Gasteiger partial charge is 0.338 e. The van der Waals surface area contributed by atoms with Crippen LogP contribution >= 0.6 is 11.8 Å². The lowest BCUT2D eigenvalue weighted by Crippen LogP contribution is -2.10. The average Bonchev–Trinajstić information content (AvgIpc) is 2.80. The second kappa shape index (κ2) is 6.26. The normalized spacial score (nSPS) is 10.7. The highest BCUT2D eigenvalue weighted by Gasteiger charge is 2.18. The van der Waals surface area contributed by atoms with Crippen LogP contribution in [0.5, 0.6) is 0 Å². The Bertz CT molecular complexity index is 685. The highest BCUT2D eigenvalue weighted by molar-refractivity contribution is 7.98. The number of esters is 1. The van der Waals surface area contributed by atoms with Crippen LogP contribution in [0, 0.1) is 19.7 Å². The summed E-state index contributed by atoms with van der Waals surface area (Å²) in [5.74, 6) is -0.378. The molecule has 1 aromatic carbocycles. The van der Waals surface area contributed by atoms with Gasteiger partial charge in [-0.15, -0.1) is 5.10 Å². The van der Waals surface area contributed by atoms with Gasteiger partial charge in [0.1, 0.15) is 17.3 Å². The topological polar surface area (TPSA) is 57.0 Å². The first kappa shape index (κ1) is 15.5. The molecule has 5 nitrogen and oxygen atoms in total. The summed E-state index contributed by atoms with van der Waals surface area (Å²) in [7, 11) is 0. The number of thioether (sulfide) groups is 1.